The van der Waals surface area contributed by atoms with Gasteiger partial charge in [-0.15, -0.1) is 0 Å². The summed E-state index contributed by atoms with van der Waals surface area (Å²) in [5.74, 6) is 1.40. The Morgan fingerprint density at radius 2 is 1.96 bits per heavy atom. The predicted molar refractivity (Wildman–Crippen MR) is 112 cm³/mol. The average Bonchev–Trinajstić information content (AvgIpc) is 3.49. The quantitative estimate of drug-likeness (QED) is 0.745. The van der Waals surface area contributed by atoms with Gasteiger partial charge in [0.25, 0.3) is 5.91 Å². The molecule has 6 nitrogen and oxygen atoms in total. The van der Waals surface area contributed by atoms with E-state index in [4.69, 9.17) is 4.98 Å². The van der Waals surface area contributed by atoms with E-state index in [1.165, 1.54) is 38.8 Å². The van der Waals surface area contributed by atoms with Crippen molar-refractivity contribution in [2.24, 2.45) is 13.0 Å². The van der Waals surface area contributed by atoms with Crippen molar-refractivity contribution in [2.75, 3.05) is 26.2 Å². The second-order valence-electron chi connectivity index (χ2n) is 8.76. The molecule has 0 aromatic carbocycles. The fraction of sp³-hybridized carbons (Fsp3) is 0.682. The third kappa shape index (κ3) is 4.22. The number of unbranched alkanes of at least 4 members (excludes halogenated alkanes) is 1. The summed E-state index contributed by atoms with van der Waals surface area (Å²) >= 11 is 0. The molecule has 1 aliphatic heterocycles. The largest absolute Gasteiger partial charge is 0.352 e. The Kier molecular flexibility index (Phi) is 5.67. The highest BCUT2D eigenvalue weighted by atomic mass is 16.1. The first-order valence-electron chi connectivity index (χ1n) is 10.9. The highest BCUT2D eigenvalue weighted by Gasteiger charge is 2.28. The van der Waals surface area contributed by atoms with Gasteiger partial charge in [-0.05, 0) is 77.1 Å². The Hall–Kier alpha value is -1.95. The molecule has 2 aromatic heterocycles. The molecule has 1 aliphatic carbocycles. The van der Waals surface area contributed by atoms with Crippen molar-refractivity contribution in [2.45, 2.75) is 58.3 Å². The monoisotopic (exact) mass is 383 g/mol. The van der Waals surface area contributed by atoms with Crippen molar-refractivity contribution in [1.82, 2.24) is 25.0 Å². The van der Waals surface area contributed by atoms with Crippen molar-refractivity contribution >= 4 is 16.9 Å². The smallest absolute Gasteiger partial charge is 0.252 e. The lowest BCUT2D eigenvalue weighted by Crippen LogP contribution is -2.34. The van der Waals surface area contributed by atoms with E-state index in [2.05, 4.69) is 22.2 Å². The highest BCUT2D eigenvalue weighted by Crippen LogP contribution is 2.40. The minimum absolute atomic E-state index is 0.0113. The number of hydrogen-bond acceptors (Lipinski definition) is 4. The molecule has 0 spiro atoms. The summed E-state index contributed by atoms with van der Waals surface area (Å²) in [7, 11) is 1.90. The molecule has 1 N–H and O–H groups in total. The van der Waals surface area contributed by atoms with Crippen molar-refractivity contribution in [3.05, 3.63) is 23.0 Å². The van der Waals surface area contributed by atoms with E-state index in [0.29, 0.717) is 5.92 Å². The first-order chi connectivity index (χ1) is 13.5. The number of carbonyl (C=O) groups excluding carboxylic acids is 1. The molecule has 152 valence electrons. The zero-order valence-electron chi connectivity index (χ0n) is 17.5. The number of carbonyl (C=O) groups is 1. The van der Waals surface area contributed by atoms with E-state index in [1.807, 2.05) is 20.0 Å². The van der Waals surface area contributed by atoms with Crippen LogP contribution in [0.4, 0.5) is 0 Å². The summed E-state index contributed by atoms with van der Waals surface area (Å²) in [4.78, 5) is 20.3. The van der Waals surface area contributed by atoms with Gasteiger partial charge < -0.3 is 10.2 Å². The number of pyridine rings is 1. The van der Waals surface area contributed by atoms with E-state index < -0.39 is 0 Å². The van der Waals surface area contributed by atoms with Gasteiger partial charge in [-0.25, -0.2) is 4.98 Å². The van der Waals surface area contributed by atoms with Crippen LogP contribution in [-0.2, 0) is 7.05 Å². The van der Waals surface area contributed by atoms with E-state index in [-0.39, 0.29) is 5.91 Å². The topological polar surface area (TPSA) is 63.1 Å². The van der Waals surface area contributed by atoms with E-state index in [1.54, 1.807) is 4.68 Å². The van der Waals surface area contributed by atoms with Crippen LogP contribution in [0.1, 0.15) is 73.1 Å². The number of rotatable bonds is 7. The second kappa shape index (κ2) is 8.19. The Morgan fingerprint density at radius 1 is 1.21 bits per heavy atom. The lowest BCUT2D eigenvalue weighted by Gasteiger charge is -2.30. The molecule has 2 aliphatic rings. The number of amides is 1. The van der Waals surface area contributed by atoms with Gasteiger partial charge in [0.1, 0.15) is 0 Å². The van der Waals surface area contributed by atoms with E-state index >= 15 is 0 Å². The summed E-state index contributed by atoms with van der Waals surface area (Å²) in [5, 5.41) is 8.52. The highest BCUT2D eigenvalue weighted by molar-refractivity contribution is 6.06. The predicted octanol–water partition coefficient (Wildman–Crippen LogP) is 3.40. The van der Waals surface area contributed by atoms with Gasteiger partial charge in [-0.3, -0.25) is 9.48 Å². The number of fused-ring (bicyclic) bond motifs is 1. The maximum atomic E-state index is 12.9. The molecule has 1 saturated carbocycles. The fourth-order valence-corrected chi connectivity index (χ4v) is 4.27. The maximum Gasteiger partial charge on any atom is 0.252 e. The molecule has 6 heteroatoms. The number of hydrogen-bond donors (Lipinski definition) is 1. The molecule has 28 heavy (non-hydrogen) atoms. The van der Waals surface area contributed by atoms with E-state index in [9.17, 15) is 4.79 Å². The van der Waals surface area contributed by atoms with Gasteiger partial charge in [-0.1, -0.05) is 6.92 Å². The number of likely N-dealkylation sites (tertiary alicyclic amines) is 1. The lowest BCUT2D eigenvalue weighted by atomic mass is 9.99. The maximum absolute atomic E-state index is 12.9. The van der Waals surface area contributed by atoms with Crippen LogP contribution >= 0.6 is 0 Å². The summed E-state index contributed by atoms with van der Waals surface area (Å²) in [5.41, 5.74) is 3.48. The van der Waals surface area contributed by atoms with Crippen LogP contribution in [0.15, 0.2) is 6.07 Å². The Labute approximate surface area is 167 Å². The Balaban J connectivity index is 1.35. The molecule has 0 atom stereocenters. The normalized spacial score (nSPS) is 18.7. The summed E-state index contributed by atoms with van der Waals surface area (Å²) < 4.78 is 1.80. The molecular weight excluding hydrogens is 350 g/mol. The molecule has 4 rings (SSSR count). The van der Waals surface area contributed by atoms with Crippen LogP contribution < -0.4 is 5.32 Å². The number of aryl methyl sites for hydroxylation is 2. The number of nitrogens with one attached hydrogen (secondary N) is 1. The van der Waals surface area contributed by atoms with Crippen LogP contribution in [0.5, 0.6) is 0 Å². The average molecular weight is 384 g/mol. The van der Waals surface area contributed by atoms with Crippen LogP contribution in [-0.4, -0.2) is 51.8 Å². The first-order valence-corrected chi connectivity index (χ1v) is 10.9. The second-order valence-corrected chi connectivity index (χ2v) is 8.76. The fourth-order valence-electron chi connectivity index (χ4n) is 4.27. The number of piperidine rings is 1. The molecule has 2 aromatic rings. The third-order valence-electron chi connectivity index (χ3n) is 6.29. The van der Waals surface area contributed by atoms with Gasteiger partial charge >= 0.3 is 0 Å². The van der Waals surface area contributed by atoms with Crippen molar-refractivity contribution in [1.29, 1.82) is 0 Å². The molecule has 2 fully saturated rings. The molecule has 1 amide bonds. The van der Waals surface area contributed by atoms with Crippen molar-refractivity contribution in [3.63, 3.8) is 0 Å². The summed E-state index contributed by atoms with van der Waals surface area (Å²) in [6.45, 7) is 8.64. The molecular formula is C22H33N5O. The summed E-state index contributed by atoms with van der Waals surface area (Å²) in [6, 6.07) is 2.00. The standard InChI is InChI=1S/C22H33N5O/c1-15-8-12-27(13-9-15)11-5-4-10-23-22(28)18-14-19(17-6-7-17)24-21-20(18)16(2)25-26(21)3/h14-15,17H,4-13H2,1-3H3,(H,23,28). The van der Waals surface area contributed by atoms with Crippen LogP contribution in [0.25, 0.3) is 11.0 Å². The SMILES string of the molecule is Cc1nn(C)c2nc(C3CC3)cc(C(=O)NCCCCN3CCC(C)CC3)c12. The molecule has 3 heterocycles. The number of aromatic nitrogens is 3. The molecule has 0 unspecified atom stereocenters. The lowest BCUT2D eigenvalue weighted by molar-refractivity contribution is 0.0953. The Bertz CT molecular complexity index is 846. The summed E-state index contributed by atoms with van der Waals surface area (Å²) in [6.07, 6.45) is 7.15. The first kappa shape index (κ1) is 19.4. The third-order valence-corrected chi connectivity index (χ3v) is 6.29. The molecule has 0 radical (unpaired) electrons. The minimum Gasteiger partial charge on any atom is -0.352 e. The van der Waals surface area contributed by atoms with Crippen molar-refractivity contribution in [3.8, 4) is 0 Å². The zero-order chi connectivity index (χ0) is 19.7. The van der Waals surface area contributed by atoms with Gasteiger partial charge in [0.2, 0.25) is 0 Å². The molecule has 1 saturated heterocycles. The van der Waals surface area contributed by atoms with Crippen LogP contribution in [0.2, 0.25) is 0 Å². The number of nitrogens with zero attached hydrogens (tertiary/aromatic N) is 4. The Morgan fingerprint density at radius 3 is 2.68 bits per heavy atom. The van der Waals surface area contributed by atoms with Gasteiger partial charge in [0.15, 0.2) is 5.65 Å². The van der Waals surface area contributed by atoms with Crippen LogP contribution in [0, 0.1) is 12.8 Å². The van der Waals surface area contributed by atoms with Crippen LogP contribution in [0.3, 0.4) is 0 Å². The minimum atomic E-state index is 0.0113. The van der Waals surface area contributed by atoms with E-state index in [0.717, 1.165) is 59.8 Å². The van der Waals surface area contributed by atoms with Gasteiger partial charge in [0.05, 0.1) is 16.6 Å². The van der Waals surface area contributed by atoms with Crippen molar-refractivity contribution < 1.29 is 4.79 Å². The van der Waals surface area contributed by atoms with Gasteiger partial charge in [-0.2, -0.15) is 5.10 Å². The molecule has 0 bridgehead atoms. The zero-order valence-corrected chi connectivity index (χ0v) is 17.5. The van der Waals surface area contributed by atoms with Gasteiger partial charge in [0, 0.05) is 25.2 Å².